The first-order valence-electron chi connectivity index (χ1n) is 11.1. The first-order chi connectivity index (χ1) is 17.4. The number of aryl methyl sites for hydroxylation is 1. The Bertz CT molecular complexity index is 1460. The van der Waals surface area contributed by atoms with Gasteiger partial charge in [0, 0.05) is 24.7 Å². The fourth-order valence-corrected chi connectivity index (χ4v) is 4.79. The summed E-state index contributed by atoms with van der Waals surface area (Å²) in [5, 5.41) is 11.3. The van der Waals surface area contributed by atoms with E-state index in [1.807, 2.05) is 0 Å². The topological polar surface area (TPSA) is 77.1 Å². The summed E-state index contributed by atoms with van der Waals surface area (Å²) in [5.41, 5.74) is -2.35. The molecular weight excluding hydrogens is 546 g/mol. The number of carbonyl (C=O) groups is 1. The molecule has 0 unspecified atom stereocenters. The minimum absolute atomic E-state index is 0.00829. The number of alkyl halides is 6. The van der Waals surface area contributed by atoms with Crippen LogP contribution < -0.4 is 5.32 Å². The summed E-state index contributed by atoms with van der Waals surface area (Å²) in [5.74, 6) is -0.801. The molecule has 1 N–H and O–H groups in total. The number of fused-ring (bicyclic) bond motifs is 1. The van der Waals surface area contributed by atoms with Crippen LogP contribution in [0.15, 0.2) is 29.6 Å². The molecule has 0 aliphatic heterocycles. The molecule has 0 atom stereocenters. The van der Waals surface area contributed by atoms with Gasteiger partial charge in [0.05, 0.1) is 10.6 Å². The van der Waals surface area contributed by atoms with Crippen LogP contribution in [-0.2, 0) is 18.9 Å². The molecule has 0 spiro atoms. The zero-order valence-electron chi connectivity index (χ0n) is 18.7. The second-order valence-corrected chi connectivity index (χ2v) is 9.78. The van der Waals surface area contributed by atoms with E-state index in [-0.39, 0.29) is 41.8 Å². The van der Waals surface area contributed by atoms with Crippen molar-refractivity contribution in [3.63, 3.8) is 0 Å². The third-order valence-corrected chi connectivity index (χ3v) is 6.98. The number of amides is 1. The highest BCUT2D eigenvalue weighted by molar-refractivity contribution is 7.13. The van der Waals surface area contributed by atoms with E-state index in [0.717, 1.165) is 25.0 Å². The molecule has 4 aromatic heterocycles. The normalized spacial score (nSPS) is 14.5. The first-order valence-corrected chi connectivity index (χ1v) is 12.3. The van der Waals surface area contributed by atoms with Gasteiger partial charge in [-0.05, 0) is 42.8 Å². The van der Waals surface area contributed by atoms with Gasteiger partial charge in [-0.15, -0.1) is 11.3 Å². The van der Waals surface area contributed by atoms with Crippen molar-refractivity contribution < 1.29 is 31.1 Å². The molecule has 0 radical (unpaired) electrons. The largest absolute Gasteiger partial charge is 0.435 e. The van der Waals surface area contributed by atoms with Gasteiger partial charge in [-0.3, -0.25) is 9.48 Å². The molecule has 4 aromatic rings. The number of nitrogens with zero attached hydrogens (tertiary/aromatic N) is 5. The maximum absolute atomic E-state index is 13.8. The number of carbonyl (C=O) groups excluding carboxylic acids is 1. The van der Waals surface area contributed by atoms with Crippen LogP contribution in [0.25, 0.3) is 16.2 Å². The fraction of sp³-hybridized carbons (Fsp3) is 0.364. The Kier molecular flexibility index (Phi) is 6.42. The highest BCUT2D eigenvalue weighted by Crippen LogP contribution is 2.42. The molecule has 15 heteroatoms. The molecule has 37 heavy (non-hydrogen) atoms. The summed E-state index contributed by atoms with van der Waals surface area (Å²) in [6.45, 7) is 0.124. The second-order valence-electron chi connectivity index (χ2n) is 8.46. The Morgan fingerprint density at radius 2 is 1.89 bits per heavy atom. The van der Waals surface area contributed by atoms with Crippen molar-refractivity contribution >= 4 is 34.5 Å². The van der Waals surface area contributed by atoms with Crippen LogP contribution >= 0.6 is 22.9 Å². The van der Waals surface area contributed by atoms with Crippen LogP contribution in [0, 0.1) is 0 Å². The van der Waals surface area contributed by atoms with E-state index in [2.05, 4.69) is 20.5 Å². The molecule has 1 amide bonds. The quantitative estimate of drug-likeness (QED) is 0.220. The van der Waals surface area contributed by atoms with E-state index in [1.165, 1.54) is 16.0 Å². The van der Waals surface area contributed by atoms with Gasteiger partial charge in [0.2, 0.25) is 0 Å². The summed E-state index contributed by atoms with van der Waals surface area (Å²) in [7, 11) is 0. The predicted molar refractivity (Wildman–Crippen MR) is 122 cm³/mol. The molecule has 0 aromatic carbocycles. The zero-order chi connectivity index (χ0) is 26.5. The average Bonchev–Trinajstić information content (AvgIpc) is 3.20. The summed E-state index contributed by atoms with van der Waals surface area (Å²) in [6.07, 6.45) is -7.56. The highest BCUT2D eigenvalue weighted by Gasteiger charge is 2.38. The van der Waals surface area contributed by atoms with Crippen molar-refractivity contribution in [2.75, 3.05) is 6.54 Å². The number of hydrogen-bond donors (Lipinski definition) is 1. The van der Waals surface area contributed by atoms with Crippen LogP contribution in [-0.4, -0.2) is 36.8 Å². The monoisotopic (exact) mass is 562 g/mol. The first kappa shape index (κ1) is 25.5. The molecule has 0 saturated heterocycles. The molecule has 1 aliphatic carbocycles. The standard InChI is InChI=1S/C22H17ClF6N6OS/c23-17-18(33-35-16(22(27,28)29)9-12(31-19(17)35)14-3-1-8-37-14)20(36)30-6-2-7-34-13(11-4-5-11)10-15(32-34)21(24,25)26/h1,3,8-11H,2,4-7H2,(H,30,36). The Hall–Kier alpha value is -3.13. The molecule has 1 aliphatic rings. The Morgan fingerprint density at radius 3 is 2.51 bits per heavy atom. The minimum Gasteiger partial charge on any atom is -0.351 e. The maximum atomic E-state index is 13.8. The lowest BCUT2D eigenvalue weighted by atomic mass is 10.2. The van der Waals surface area contributed by atoms with Gasteiger partial charge in [-0.2, -0.15) is 36.5 Å². The van der Waals surface area contributed by atoms with Crippen LogP contribution in [0.2, 0.25) is 5.02 Å². The average molecular weight is 563 g/mol. The third-order valence-electron chi connectivity index (χ3n) is 5.74. The Balaban J connectivity index is 1.33. The van der Waals surface area contributed by atoms with E-state index < -0.39 is 35.3 Å². The van der Waals surface area contributed by atoms with Crippen LogP contribution in [0.1, 0.15) is 52.8 Å². The second kappa shape index (κ2) is 9.31. The number of nitrogens with one attached hydrogen (secondary N) is 1. The van der Waals surface area contributed by atoms with Crippen molar-refractivity contribution in [1.29, 1.82) is 0 Å². The smallest absolute Gasteiger partial charge is 0.351 e. The van der Waals surface area contributed by atoms with Crippen molar-refractivity contribution in [3.05, 3.63) is 57.4 Å². The fourth-order valence-electron chi connectivity index (χ4n) is 3.86. The molecular formula is C22H17ClF6N6OS. The molecule has 7 nitrogen and oxygen atoms in total. The van der Waals surface area contributed by atoms with E-state index in [1.54, 1.807) is 17.5 Å². The summed E-state index contributed by atoms with van der Waals surface area (Å²) < 4.78 is 82.2. The lowest BCUT2D eigenvalue weighted by Gasteiger charge is -2.10. The SMILES string of the molecule is O=C(NCCCn1nc(C(F)(F)F)cc1C1CC1)c1nn2c(C(F)(F)F)cc(-c3cccs3)nc2c1Cl. The lowest BCUT2D eigenvalue weighted by molar-refractivity contribution is -0.143. The third kappa shape index (κ3) is 5.17. The van der Waals surface area contributed by atoms with Crippen molar-refractivity contribution in [2.24, 2.45) is 0 Å². The van der Waals surface area contributed by atoms with Crippen molar-refractivity contribution in [3.8, 4) is 10.6 Å². The summed E-state index contributed by atoms with van der Waals surface area (Å²) in [6, 6.07) is 5.15. The van der Waals surface area contributed by atoms with E-state index >= 15 is 0 Å². The van der Waals surface area contributed by atoms with Gasteiger partial charge in [-0.25, -0.2) is 9.50 Å². The van der Waals surface area contributed by atoms with Gasteiger partial charge >= 0.3 is 12.4 Å². The Labute approximate surface area is 214 Å². The van der Waals surface area contributed by atoms with Crippen LogP contribution in [0.5, 0.6) is 0 Å². The number of hydrogen-bond acceptors (Lipinski definition) is 5. The predicted octanol–water partition coefficient (Wildman–Crippen LogP) is 6.04. The number of aromatic nitrogens is 5. The number of thiophene rings is 1. The van der Waals surface area contributed by atoms with Crippen LogP contribution in [0.3, 0.4) is 0 Å². The van der Waals surface area contributed by atoms with E-state index in [0.29, 0.717) is 15.1 Å². The van der Waals surface area contributed by atoms with Crippen molar-refractivity contribution in [2.45, 2.75) is 44.1 Å². The molecule has 4 heterocycles. The lowest BCUT2D eigenvalue weighted by Crippen LogP contribution is -2.26. The van der Waals surface area contributed by atoms with Gasteiger partial charge in [0.15, 0.2) is 22.7 Å². The molecule has 0 bridgehead atoms. The highest BCUT2D eigenvalue weighted by atomic mass is 35.5. The maximum Gasteiger partial charge on any atom is 0.435 e. The molecule has 196 valence electrons. The molecule has 1 saturated carbocycles. The van der Waals surface area contributed by atoms with Gasteiger partial charge in [0.1, 0.15) is 5.02 Å². The van der Waals surface area contributed by atoms with Gasteiger partial charge in [-0.1, -0.05) is 17.7 Å². The molecule has 1 fully saturated rings. The van der Waals surface area contributed by atoms with E-state index in [9.17, 15) is 31.1 Å². The minimum atomic E-state index is -4.80. The number of halogens is 7. The number of rotatable bonds is 7. The van der Waals surface area contributed by atoms with Crippen molar-refractivity contribution in [1.82, 2.24) is 29.7 Å². The summed E-state index contributed by atoms with van der Waals surface area (Å²) in [4.78, 5) is 17.4. The van der Waals surface area contributed by atoms with E-state index in [4.69, 9.17) is 11.6 Å². The van der Waals surface area contributed by atoms with Crippen LogP contribution in [0.4, 0.5) is 26.3 Å². The summed E-state index contributed by atoms with van der Waals surface area (Å²) >= 11 is 7.43. The molecule has 5 rings (SSSR count). The zero-order valence-corrected chi connectivity index (χ0v) is 20.3. The Morgan fingerprint density at radius 1 is 1.14 bits per heavy atom. The van der Waals surface area contributed by atoms with Gasteiger partial charge < -0.3 is 5.32 Å². The van der Waals surface area contributed by atoms with Gasteiger partial charge in [0.25, 0.3) is 5.91 Å².